The van der Waals surface area contributed by atoms with Crippen LogP contribution in [0, 0.1) is 0 Å². The van der Waals surface area contributed by atoms with Crippen LogP contribution < -0.4 is 5.43 Å². The molecule has 0 unspecified atom stereocenters. The zero-order chi connectivity index (χ0) is 8.85. The third-order valence-electron chi connectivity index (χ3n) is 1.14. The minimum absolute atomic E-state index is 0.852. The summed E-state index contributed by atoms with van der Waals surface area (Å²) in [5.74, 6) is 0.923. The first-order chi connectivity index (χ1) is 5.09. The molecule has 0 spiro atoms. The highest BCUT2D eigenvalue weighted by atomic mass is 15.4. The van der Waals surface area contributed by atoms with E-state index in [1.807, 2.05) is 44.9 Å². The van der Waals surface area contributed by atoms with E-state index in [2.05, 4.69) is 10.5 Å². The van der Waals surface area contributed by atoms with Gasteiger partial charge in [0.25, 0.3) is 0 Å². The van der Waals surface area contributed by atoms with Gasteiger partial charge in [0, 0.05) is 34.7 Å². The van der Waals surface area contributed by atoms with Crippen molar-refractivity contribution >= 4 is 5.96 Å². The largest absolute Gasteiger partial charge is 0.347 e. The Kier molecular flexibility index (Phi) is 4.41. The van der Waals surface area contributed by atoms with E-state index < -0.39 is 0 Å². The summed E-state index contributed by atoms with van der Waals surface area (Å²) in [6.45, 7) is 2.87. The van der Waals surface area contributed by atoms with Crippen LogP contribution in [0.1, 0.15) is 6.92 Å². The van der Waals surface area contributed by atoms with Crippen molar-refractivity contribution in [3.8, 4) is 0 Å². The summed E-state index contributed by atoms with van der Waals surface area (Å²) in [6.07, 6.45) is 0. The Labute approximate surface area is 68.9 Å². The van der Waals surface area contributed by atoms with E-state index in [0.29, 0.717) is 0 Å². The minimum Gasteiger partial charge on any atom is -0.347 e. The van der Waals surface area contributed by atoms with Crippen molar-refractivity contribution < 1.29 is 0 Å². The fraction of sp³-hybridized carbons (Fsp3) is 0.857. The van der Waals surface area contributed by atoms with Crippen molar-refractivity contribution in [3.05, 3.63) is 0 Å². The lowest BCUT2D eigenvalue weighted by Gasteiger charge is -2.22. The van der Waals surface area contributed by atoms with Gasteiger partial charge >= 0.3 is 0 Å². The normalized spacial score (nSPS) is 8.82. The average Bonchev–Trinajstić information content (AvgIpc) is 1.87. The van der Waals surface area contributed by atoms with E-state index in [4.69, 9.17) is 0 Å². The van der Waals surface area contributed by atoms with Crippen LogP contribution in [-0.2, 0) is 0 Å². The molecular formula is C7H18N4. The molecule has 0 fully saturated rings. The maximum Gasteiger partial charge on any atom is 0.217 e. The Morgan fingerprint density at radius 2 is 1.64 bits per heavy atom. The van der Waals surface area contributed by atoms with Gasteiger partial charge in [-0.2, -0.15) is 0 Å². The van der Waals surface area contributed by atoms with Gasteiger partial charge < -0.3 is 15.2 Å². The highest BCUT2D eigenvalue weighted by Gasteiger charge is 2.02. The molecule has 0 aliphatic heterocycles. The third kappa shape index (κ3) is 3.70. The van der Waals surface area contributed by atoms with Crippen molar-refractivity contribution in [2.75, 3.05) is 34.7 Å². The van der Waals surface area contributed by atoms with Crippen molar-refractivity contribution in [2.45, 2.75) is 6.92 Å². The van der Waals surface area contributed by atoms with Gasteiger partial charge in [0.1, 0.15) is 0 Å². The summed E-state index contributed by atoms with van der Waals surface area (Å²) in [5.41, 5.74) is 2.92. The monoisotopic (exact) mass is 158 g/mol. The number of hydrazone groups is 1. The Balaban J connectivity index is 4.09. The van der Waals surface area contributed by atoms with Gasteiger partial charge in [0.2, 0.25) is 5.96 Å². The van der Waals surface area contributed by atoms with E-state index in [1.54, 1.807) is 0 Å². The number of hydrogen-bond donors (Lipinski definition) is 1. The average molecular weight is 158 g/mol. The molecule has 0 saturated carbocycles. The number of guanidine groups is 1. The van der Waals surface area contributed by atoms with Crippen LogP contribution in [0.2, 0.25) is 0 Å². The molecule has 0 bridgehead atoms. The Morgan fingerprint density at radius 1 is 1.18 bits per heavy atom. The topological polar surface area (TPSA) is 30.9 Å². The number of hydrogen-bond acceptors (Lipinski definition) is 2. The maximum absolute atomic E-state index is 4.16. The molecular weight excluding hydrogens is 140 g/mol. The van der Waals surface area contributed by atoms with E-state index in [9.17, 15) is 0 Å². The molecule has 0 aliphatic rings. The fourth-order valence-electron chi connectivity index (χ4n) is 0.750. The van der Waals surface area contributed by atoms with Crippen LogP contribution in [0.25, 0.3) is 0 Å². The Bertz CT molecular complexity index is 118. The molecule has 0 saturated heterocycles. The van der Waals surface area contributed by atoms with Crippen LogP contribution in [0.15, 0.2) is 5.10 Å². The summed E-state index contributed by atoms with van der Waals surface area (Å²) < 4.78 is 0. The fourth-order valence-corrected chi connectivity index (χ4v) is 0.750. The predicted molar refractivity (Wildman–Crippen MR) is 48.5 cm³/mol. The highest BCUT2D eigenvalue weighted by molar-refractivity contribution is 5.78. The Hall–Kier alpha value is -0.930. The smallest absolute Gasteiger partial charge is 0.217 e. The standard InChI is InChI=1S/C7H18N4/c1-6-8-9-7(10(2)3)11(4)5/h8H,6H2,1-5H3. The summed E-state index contributed by atoms with van der Waals surface area (Å²) in [6, 6.07) is 0. The molecule has 0 aromatic rings. The van der Waals surface area contributed by atoms with Gasteiger partial charge in [-0.1, -0.05) is 0 Å². The second-order valence-electron chi connectivity index (χ2n) is 2.71. The van der Waals surface area contributed by atoms with Gasteiger partial charge in [0.05, 0.1) is 0 Å². The molecule has 0 radical (unpaired) electrons. The molecule has 0 rings (SSSR count). The van der Waals surface area contributed by atoms with Gasteiger partial charge in [0.15, 0.2) is 0 Å². The van der Waals surface area contributed by atoms with Crippen LogP contribution in [0.4, 0.5) is 0 Å². The minimum atomic E-state index is 0.852. The van der Waals surface area contributed by atoms with Crippen LogP contribution >= 0.6 is 0 Å². The molecule has 0 atom stereocenters. The predicted octanol–water partition coefficient (Wildman–Crippen LogP) is -0.00990. The summed E-state index contributed by atoms with van der Waals surface area (Å²) >= 11 is 0. The second-order valence-corrected chi connectivity index (χ2v) is 2.71. The molecule has 0 aromatic heterocycles. The first-order valence-corrected chi connectivity index (χ1v) is 3.74. The third-order valence-corrected chi connectivity index (χ3v) is 1.14. The molecule has 1 N–H and O–H groups in total. The molecule has 0 aliphatic carbocycles. The SMILES string of the molecule is CCNN=C(N(C)C)N(C)C. The molecule has 0 amide bonds. The van der Waals surface area contributed by atoms with Crippen LogP contribution in [0.5, 0.6) is 0 Å². The van der Waals surface area contributed by atoms with Crippen molar-refractivity contribution in [1.29, 1.82) is 0 Å². The molecule has 66 valence electrons. The van der Waals surface area contributed by atoms with E-state index in [0.717, 1.165) is 12.5 Å². The second kappa shape index (κ2) is 4.82. The summed E-state index contributed by atoms with van der Waals surface area (Å²) in [5, 5.41) is 4.16. The Morgan fingerprint density at radius 3 is 1.91 bits per heavy atom. The lowest BCUT2D eigenvalue weighted by molar-refractivity contribution is 0.472. The number of nitrogens with zero attached hydrogens (tertiary/aromatic N) is 3. The molecule has 4 nitrogen and oxygen atoms in total. The number of rotatable bonds is 2. The van der Waals surface area contributed by atoms with Crippen LogP contribution in [0.3, 0.4) is 0 Å². The molecule has 11 heavy (non-hydrogen) atoms. The van der Waals surface area contributed by atoms with E-state index >= 15 is 0 Å². The van der Waals surface area contributed by atoms with Crippen molar-refractivity contribution in [1.82, 2.24) is 15.2 Å². The zero-order valence-corrected chi connectivity index (χ0v) is 8.05. The molecule has 0 heterocycles. The first-order valence-electron chi connectivity index (χ1n) is 3.74. The number of nitrogens with one attached hydrogen (secondary N) is 1. The zero-order valence-electron chi connectivity index (χ0n) is 8.05. The van der Waals surface area contributed by atoms with E-state index in [-0.39, 0.29) is 0 Å². The van der Waals surface area contributed by atoms with Crippen LogP contribution in [-0.4, -0.2) is 50.5 Å². The maximum atomic E-state index is 4.16. The lowest BCUT2D eigenvalue weighted by atomic mass is 10.7. The molecule has 4 heteroatoms. The van der Waals surface area contributed by atoms with Gasteiger partial charge in [-0.25, -0.2) is 0 Å². The summed E-state index contributed by atoms with van der Waals surface area (Å²) in [4.78, 5) is 3.92. The quantitative estimate of drug-likeness (QED) is 0.348. The van der Waals surface area contributed by atoms with Crippen molar-refractivity contribution in [2.24, 2.45) is 5.10 Å². The van der Waals surface area contributed by atoms with Crippen molar-refractivity contribution in [3.63, 3.8) is 0 Å². The summed E-state index contributed by atoms with van der Waals surface area (Å²) in [7, 11) is 7.87. The van der Waals surface area contributed by atoms with Gasteiger partial charge in [-0.15, -0.1) is 5.10 Å². The lowest BCUT2D eigenvalue weighted by Crippen LogP contribution is -2.36. The van der Waals surface area contributed by atoms with Gasteiger partial charge in [-0.05, 0) is 6.92 Å². The van der Waals surface area contributed by atoms with Gasteiger partial charge in [-0.3, -0.25) is 0 Å². The molecule has 0 aromatic carbocycles. The first kappa shape index (κ1) is 10.1. The highest BCUT2D eigenvalue weighted by Crippen LogP contribution is 1.85. The van der Waals surface area contributed by atoms with E-state index in [1.165, 1.54) is 0 Å².